The van der Waals surface area contributed by atoms with Crippen molar-refractivity contribution in [3.63, 3.8) is 0 Å². The normalized spacial score (nSPS) is 14.2. The molecule has 1 aromatic heterocycles. The molecule has 7 heteroatoms. The van der Waals surface area contributed by atoms with Crippen molar-refractivity contribution in [2.75, 3.05) is 0 Å². The molecular weight excluding hydrogens is 407 g/mol. The van der Waals surface area contributed by atoms with Crippen molar-refractivity contribution in [3.8, 4) is 0 Å². The molecule has 0 fully saturated rings. The van der Waals surface area contributed by atoms with Crippen molar-refractivity contribution < 1.29 is 14.0 Å². The molecule has 0 spiro atoms. The summed E-state index contributed by atoms with van der Waals surface area (Å²) in [6.07, 6.45) is 6.81. The lowest BCUT2D eigenvalue weighted by atomic mass is 10.00. The second-order valence-electron chi connectivity index (χ2n) is 6.01. The van der Waals surface area contributed by atoms with E-state index < -0.39 is 11.7 Å². The van der Waals surface area contributed by atoms with Gasteiger partial charge in [-0.3, -0.25) is 20.4 Å². The molecule has 1 heterocycles. The Morgan fingerprint density at radius 2 is 1.72 bits per heavy atom. The molecule has 0 saturated heterocycles. The highest BCUT2D eigenvalue weighted by Gasteiger charge is 2.17. The Morgan fingerprint density at radius 3 is 2.48 bits per heavy atom. The minimum Gasteiger partial charge on any atom is -0.267 e. The summed E-state index contributed by atoms with van der Waals surface area (Å²) in [6, 6.07) is 5.69. The van der Waals surface area contributed by atoms with E-state index in [2.05, 4.69) is 26.8 Å². The van der Waals surface area contributed by atoms with E-state index in [1.54, 1.807) is 0 Å². The molecule has 2 N–H and O–H groups in total. The monoisotopic (exact) mass is 424 g/mol. The van der Waals surface area contributed by atoms with Crippen LogP contribution in [0.3, 0.4) is 0 Å². The number of aryl methyl sites for hydroxylation is 2. The van der Waals surface area contributed by atoms with E-state index in [-0.39, 0.29) is 11.5 Å². The first-order chi connectivity index (χ1) is 12.0. The van der Waals surface area contributed by atoms with E-state index in [0.29, 0.717) is 9.35 Å². The second kappa shape index (κ2) is 8.10. The summed E-state index contributed by atoms with van der Waals surface area (Å²) in [4.78, 5) is 26.3. The number of hydrogen-bond acceptors (Lipinski definition) is 3. The molecule has 2 aromatic rings. The standard InChI is InChI=1S/C18H18BrFN2O2S/c19-14-10-12(20)7-8-13(14)17(23)21-22-18(24)16-9-11-5-3-1-2-4-6-15(11)25-16/h7-10H,1-6H2,(H,21,23)(H,22,24). The maximum atomic E-state index is 13.1. The van der Waals surface area contributed by atoms with Crippen molar-refractivity contribution in [3.05, 3.63) is 55.4 Å². The fraction of sp³-hybridized carbons (Fsp3) is 0.333. The molecule has 0 saturated carbocycles. The summed E-state index contributed by atoms with van der Waals surface area (Å²) >= 11 is 4.64. The van der Waals surface area contributed by atoms with E-state index in [1.165, 1.54) is 52.8 Å². The first kappa shape index (κ1) is 18.1. The third kappa shape index (κ3) is 4.46. The molecule has 0 atom stereocenters. The number of rotatable bonds is 2. The Balaban J connectivity index is 1.64. The molecule has 0 bridgehead atoms. The topological polar surface area (TPSA) is 58.2 Å². The van der Waals surface area contributed by atoms with Crippen LogP contribution in [-0.4, -0.2) is 11.8 Å². The maximum absolute atomic E-state index is 13.1. The molecule has 0 unspecified atom stereocenters. The first-order valence-electron chi connectivity index (χ1n) is 8.22. The zero-order chi connectivity index (χ0) is 17.8. The molecule has 25 heavy (non-hydrogen) atoms. The Kier molecular flexibility index (Phi) is 5.86. The molecule has 2 amide bonds. The van der Waals surface area contributed by atoms with Crippen molar-refractivity contribution in [1.82, 2.24) is 10.9 Å². The molecule has 1 aliphatic rings. The molecule has 3 rings (SSSR count). The van der Waals surface area contributed by atoms with Crippen LogP contribution < -0.4 is 10.9 Å². The highest BCUT2D eigenvalue weighted by atomic mass is 79.9. The van der Waals surface area contributed by atoms with E-state index in [1.807, 2.05) is 6.07 Å². The van der Waals surface area contributed by atoms with E-state index in [4.69, 9.17) is 0 Å². The minimum absolute atomic E-state index is 0.250. The average molecular weight is 425 g/mol. The number of benzene rings is 1. The Hall–Kier alpha value is -1.73. The van der Waals surface area contributed by atoms with Crippen LogP contribution in [-0.2, 0) is 12.8 Å². The summed E-state index contributed by atoms with van der Waals surface area (Å²) in [5, 5.41) is 0. The highest BCUT2D eigenvalue weighted by Crippen LogP contribution is 2.28. The molecule has 4 nitrogen and oxygen atoms in total. The van der Waals surface area contributed by atoms with Gasteiger partial charge in [0.25, 0.3) is 11.8 Å². The van der Waals surface area contributed by atoms with E-state index in [9.17, 15) is 14.0 Å². The third-order valence-electron chi connectivity index (χ3n) is 4.19. The Labute approximate surface area is 157 Å². The van der Waals surface area contributed by atoms with Gasteiger partial charge in [0.1, 0.15) is 5.82 Å². The number of fused-ring (bicyclic) bond motifs is 1. The number of thiophene rings is 1. The van der Waals surface area contributed by atoms with E-state index in [0.717, 1.165) is 25.7 Å². The van der Waals surface area contributed by atoms with Crippen LogP contribution >= 0.6 is 27.3 Å². The van der Waals surface area contributed by atoms with Crippen LogP contribution in [0.2, 0.25) is 0 Å². The zero-order valence-electron chi connectivity index (χ0n) is 13.5. The minimum atomic E-state index is -0.504. The lowest BCUT2D eigenvalue weighted by Crippen LogP contribution is -2.41. The third-order valence-corrected chi connectivity index (χ3v) is 6.08. The van der Waals surface area contributed by atoms with E-state index >= 15 is 0 Å². The number of halogens is 2. The molecule has 0 radical (unpaired) electrons. The van der Waals surface area contributed by atoms with Crippen LogP contribution in [0.5, 0.6) is 0 Å². The van der Waals surface area contributed by atoms with Crippen molar-refractivity contribution in [2.45, 2.75) is 38.5 Å². The van der Waals surface area contributed by atoms with Crippen molar-refractivity contribution >= 4 is 39.1 Å². The molecule has 1 aliphatic carbocycles. The van der Waals surface area contributed by atoms with Crippen LogP contribution in [0.4, 0.5) is 4.39 Å². The van der Waals surface area contributed by atoms with Gasteiger partial charge in [0.05, 0.1) is 10.4 Å². The summed E-state index contributed by atoms with van der Waals surface area (Å²) in [7, 11) is 0. The molecule has 1 aromatic carbocycles. The Morgan fingerprint density at radius 1 is 1.00 bits per heavy atom. The lowest BCUT2D eigenvalue weighted by Gasteiger charge is -2.07. The maximum Gasteiger partial charge on any atom is 0.279 e. The highest BCUT2D eigenvalue weighted by molar-refractivity contribution is 9.10. The molecule has 132 valence electrons. The van der Waals surface area contributed by atoms with Gasteiger partial charge in [0.2, 0.25) is 0 Å². The summed E-state index contributed by atoms with van der Waals surface area (Å²) in [5.74, 6) is -1.28. The van der Waals surface area contributed by atoms with Crippen molar-refractivity contribution in [1.29, 1.82) is 0 Å². The number of carbonyl (C=O) groups is 2. The van der Waals surface area contributed by atoms with Crippen LogP contribution in [0.25, 0.3) is 0 Å². The SMILES string of the molecule is O=C(NNC(=O)c1ccc(F)cc1Br)c1cc2c(s1)CCCCCC2. The van der Waals surface area contributed by atoms with Gasteiger partial charge in [-0.15, -0.1) is 11.3 Å². The lowest BCUT2D eigenvalue weighted by molar-refractivity contribution is 0.0848. The van der Waals surface area contributed by atoms with Gasteiger partial charge in [0.15, 0.2) is 0 Å². The number of carbonyl (C=O) groups excluding carboxylic acids is 2. The number of nitrogens with one attached hydrogen (secondary N) is 2. The predicted octanol–water partition coefficient (Wildman–Crippen LogP) is 4.38. The quantitative estimate of drug-likeness (QED) is 0.702. The van der Waals surface area contributed by atoms with Gasteiger partial charge in [-0.2, -0.15) is 0 Å². The largest absolute Gasteiger partial charge is 0.279 e. The summed E-state index contributed by atoms with van der Waals surface area (Å²) in [5.41, 5.74) is 6.32. The second-order valence-corrected chi connectivity index (χ2v) is 8.00. The first-order valence-corrected chi connectivity index (χ1v) is 9.83. The Bertz CT molecular complexity index is 781. The van der Waals surface area contributed by atoms with Gasteiger partial charge in [-0.25, -0.2) is 4.39 Å². The van der Waals surface area contributed by atoms with Crippen LogP contribution in [0.15, 0.2) is 28.7 Å². The predicted molar refractivity (Wildman–Crippen MR) is 99.2 cm³/mol. The number of amides is 2. The van der Waals surface area contributed by atoms with Gasteiger partial charge in [-0.05, 0) is 71.4 Å². The average Bonchev–Trinajstić information content (AvgIpc) is 2.94. The van der Waals surface area contributed by atoms with Gasteiger partial charge >= 0.3 is 0 Å². The molecular formula is C18H18BrFN2O2S. The fourth-order valence-corrected chi connectivity index (χ4v) is 4.55. The molecule has 0 aliphatic heterocycles. The van der Waals surface area contributed by atoms with Crippen molar-refractivity contribution in [2.24, 2.45) is 0 Å². The van der Waals surface area contributed by atoms with Crippen LogP contribution in [0, 0.1) is 5.82 Å². The van der Waals surface area contributed by atoms with Crippen LogP contribution in [0.1, 0.15) is 56.2 Å². The van der Waals surface area contributed by atoms with Gasteiger partial charge in [0, 0.05) is 9.35 Å². The van der Waals surface area contributed by atoms with Gasteiger partial charge < -0.3 is 0 Å². The fourth-order valence-electron chi connectivity index (χ4n) is 2.87. The smallest absolute Gasteiger partial charge is 0.267 e. The van der Waals surface area contributed by atoms with Gasteiger partial charge in [-0.1, -0.05) is 12.8 Å². The number of hydrogen-bond donors (Lipinski definition) is 2. The summed E-state index contributed by atoms with van der Waals surface area (Å²) in [6.45, 7) is 0. The summed E-state index contributed by atoms with van der Waals surface area (Å²) < 4.78 is 13.4. The zero-order valence-corrected chi connectivity index (χ0v) is 15.9. The number of hydrazine groups is 1.